The summed E-state index contributed by atoms with van der Waals surface area (Å²) in [5, 5.41) is 1.11. The van der Waals surface area contributed by atoms with Gasteiger partial charge in [0.1, 0.15) is 4.83 Å². The zero-order chi connectivity index (χ0) is 17.3. The minimum atomic E-state index is 0.766. The molecule has 0 spiro atoms. The maximum atomic E-state index is 5.00. The number of rotatable bonds is 2. The van der Waals surface area contributed by atoms with Gasteiger partial charge in [-0.15, -0.1) is 11.3 Å². The molecular formula is C20H19N5S. The number of fused-ring (bicyclic) bond motifs is 3. The van der Waals surface area contributed by atoms with Crippen LogP contribution < -0.4 is 4.90 Å². The number of hydrogen-bond donors (Lipinski definition) is 0. The minimum absolute atomic E-state index is 0.766. The van der Waals surface area contributed by atoms with Crippen molar-refractivity contribution in [2.45, 2.75) is 25.7 Å². The third kappa shape index (κ3) is 2.70. The van der Waals surface area contributed by atoms with Crippen LogP contribution in [0.5, 0.6) is 0 Å². The molecule has 6 heteroatoms. The van der Waals surface area contributed by atoms with E-state index >= 15 is 0 Å². The number of anilines is 1. The Labute approximate surface area is 155 Å². The molecule has 130 valence electrons. The van der Waals surface area contributed by atoms with E-state index in [1.165, 1.54) is 25.7 Å². The number of aromatic nitrogens is 4. The Morgan fingerprint density at radius 3 is 2.50 bits per heavy atom. The molecule has 5 nitrogen and oxygen atoms in total. The van der Waals surface area contributed by atoms with E-state index < -0.39 is 0 Å². The lowest BCUT2D eigenvalue weighted by molar-refractivity contribution is 0.726. The summed E-state index contributed by atoms with van der Waals surface area (Å²) in [6.45, 7) is 2.12. The maximum Gasteiger partial charge on any atom is 0.162 e. The second-order valence-corrected chi connectivity index (χ2v) is 7.64. The van der Waals surface area contributed by atoms with E-state index in [-0.39, 0.29) is 0 Å². The molecule has 1 saturated heterocycles. The van der Waals surface area contributed by atoms with Gasteiger partial charge in [-0.25, -0.2) is 15.0 Å². The summed E-state index contributed by atoms with van der Waals surface area (Å²) in [6, 6.07) is 8.03. The van der Waals surface area contributed by atoms with Gasteiger partial charge in [0.05, 0.1) is 10.2 Å². The average Bonchev–Trinajstić information content (AvgIpc) is 2.87. The third-order valence-electron chi connectivity index (χ3n) is 4.92. The smallest absolute Gasteiger partial charge is 0.162 e. The van der Waals surface area contributed by atoms with Crippen LogP contribution in [0.4, 0.5) is 5.82 Å². The fraction of sp³-hybridized carbons (Fsp3) is 0.300. The SMILES string of the molecule is c1cnc2sc3c(N4CCCCCC4)nc(-c4ccncc4)nc3c2c1. The normalized spacial score (nSPS) is 15.5. The van der Waals surface area contributed by atoms with Crippen molar-refractivity contribution < 1.29 is 0 Å². The van der Waals surface area contributed by atoms with Gasteiger partial charge in [0.2, 0.25) is 0 Å². The molecule has 5 rings (SSSR count). The van der Waals surface area contributed by atoms with Crippen LogP contribution in [0.25, 0.3) is 31.8 Å². The molecule has 5 heterocycles. The van der Waals surface area contributed by atoms with E-state index in [4.69, 9.17) is 9.97 Å². The van der Waals surface area contributed by atoms with Gasteiger partial charge >= 0.3 is 0 Å². The maximum absolute atomic E-state index is 5.00. The highest BCUT2D eigenvalue weighted by Gasteiger charge is 2.20. The van der Waals surface area contributed by atoms with Crippen LogP contribution in [0.3, 0.4) is 0 Å². The molecule has 0 atom stereocenters. The van der Waals surface area contributed by atoms with Crippen LogP contribution in [0.2, 0.25) is 0 Å². The second kappa shape index (κ2) is 6.61. The summed E-state index contributed by atoms with van der Waals surface area (Å²) < 4.78 is 1.15. The average molecular weight is 361 g/mol. The van der Waals surface area contributed by atoms with Crippen molar-refractivity contribution in [2.24, 2.45) is 0 Å². The lowest BCUT2D eigenvalue weighted by Crippen LogP contribution is -2.25. The summed E-state index contributed by atoms with van der Waals surface area (Å²) in [4.78, 5) is 22.1. The van der Waals surface area contributed by atoms with Crippen molar-refractivity contribution in [3.05, 3.63) is 42.9 Å². The Morgan fingerprint density at radius 2 is 1.69 bits per heavy atom. The predicted octanol–water partition coefficient (Wildman–Crippen LogP) is 4.68. The molecule has 4 aromatic rings. The van der Waals surface area contributed by atoms with Gasteiger partial charge in [-0.05, 0) is 37.1 Å². The number of thiophene rings is 1. The predicted molar refractivity (Wildman–Crippen MR) is 107 cm³/mol. The van der Waals surface area contributed by atoms with Crippen LogP contribution in [0.1, 0.15) is 25.7 Å². The molecule has 0 bridgehead atoms. The van der Waals surface area contributed by atoms with Crippen molar-refractivity contribution in [1.82, 2.24) is 19.9 Å². The summed E-state index contributed by atoms with van der Waals surface area (Å²) in [7, 11) is 0. The Balaban J connectivity index is 1.77. The van der Waals surface area contributed by atoms with Crippen molar-refractivity contribution >= 4 is 37.6 Å². The summed E-state index contributed by atoms with van der Waals surface area (Å²) in [5.41, 5.74) is 2.01. The van der Waals surface area contributed by atoms with Gasteiger partial charge in [0.25, 0.3) is 0 Å². The van der Waals surface area contributed by atoms with Crippen molar-refractivity contribution in [1.29, 1.82) is 0 Å². The van der Waals surface area contributed by atoms with Gasteiger partial charge in [0, 0.05) is 42.6 Å². The quantitative estimate of drug-likeness (QED) is 0.519. The van der Waals surface area contributed by atoms with Crippen LogP contribution in [-0.2, 0) is 0 Å². The Kier molecular flexibility index (Phi) is 3.97. The molecule has 0 aliphatic carbocycles. The molecular weight excluding hydrogens is 342 g/mol. The van der Waals surface area contributed by atoms with Crippen molar-refractivity contribution in [3.63, 3.8) is 0 Å². The Hall–Kier alpha value is -2.60. The molecule has 0 N–H and O–H groups in total. The van der Waals surface area contributed by atoms with E-state index in [1.54, 1.807) is 23.7 Å². The molecule has 4 aromatic heterocycles. The van der Waals surface area contributed by atoms with E-state index in [0.29, 0.717) is 0 Å². The molecule has 1 fully saturated rings. The number of hydrogen-bond acceptors (Lipinski definition) is 6. The summed E-state index contributed by atoms with van der Waals surface area (Å²) in [6.07, 6.45) is 10.5. The molecule has 0 radical (unpaired) electrons. The second-order valence-electron chi connectivity index (χ2n) is 6.64. The summed E-state index contributed by atoms with van der Waals surface area (Å²) in [5.74, 6) is 1.83. The molecule has 1 aliphatic rings. The molecule has 0 saturated carbocycles. The lowest BCUT2D eigenvalue weighted by atomic mass is 10.2. The zero-order valence-electron chi connectivity index (χ0n) is 14.4. The Morgan fingerprint density at radius 1 is 0.885 bits per heavy atom. The topological polar surface area (TPSA) is 54.8 Å². The van der Waals surface area contributed by atoms with Gasteiger partial charge in [-0.1, -0.05) is 12.8 Å². The molecule has 0 aromatic carbocycles. The lowest BCUT2D eigenvalue weighted by Gasteiger charge is -2.22. The third-order valence-corrected chi connectivity index (χ3v) is 6.02. The van der Waals surface area contributed by atoms with Gasteiger partial charge in [-0.2, -0.15) is 0 Å². The highest BCUT2D eigenvalue weighted by atomic mass is 32.1. The van der Waals surface area contributed by atoms with Crippen LogP contribution in [-0.4, -0.2) is 33.0 Å². The van der Waals surface area contributed by atoms with Gasteiger partial charge < -0.3 is 4.90 Å². The van der Waals surface area contributed by atoms with Crippen molar-refractivity contribution in [3.8, 4) is 11.4 Å². The monoisotopic (exact) mass is 361 g/mol. The first-order valence-corrected chi connectivity index (χ1v) is 9.92. The molecule has 1 aliphatic heterocycles. The fourth-order valence-corrected chi connectivity index (χ4v) is 4.69. The largest absolute Gasteiger partial charge is 0.355 e. The van der Waals surface area contributed by atoms with E-state index in [1.807, 2.05) is 24.4 Å². The van der Waals surface area contributed by atoms with E-state index in [2.05, 4.69) is 20.9 Å². The zero-order valence-corrected chi connectivity index (χ0v) is 15.2. The highest BCUT2D eigenvalue weighted by Crippen LogP contribution is 2.38. The van der Waals surface area contributed by atoms with Crippen LogP contribution >= 0.6 is 11.3 Å². The first-order chi connectivity index (χ1) is 12.9. The fourth-order valence-electron chi connectivity index (χ4n) is 3.59. The Bertz CT molecular complexity index is 1050. The number of pyridine rings is 2. The van der Waals surface area contributed by atoms with Gasteiger partial charge in [-0.3, -0.25) is 4.98 Å². The van der Waals surface area contributed by atoms with E-state index in [9.17, 15) is 0 Å². The van der Waals surface area contributed by atoms with Crippen LogP contribution in [0.15, 0.2) is 42.9 Å². The van der Waals surface area contributed by atoms with Gasteiger partial charge in [0.15, 0.2) is 11.6 Å². The van der Waals surface area contributed by atoms with E-state index in [0.717, 1.165) is 50.7 Å². The summed E-state index contributed by atoms with van der Waals surface area (Å²) >= 11 is 1.70. The van der Waals surface area contributed by atoms with Crippen LogP contribution in [0, 0.1) is 0 Å². The van der Waals surface area contributed by atoms with Crippen molar-refractivity contribution in [2.75, 3.05) is 18.0 Å². The molecule has 0 unspecified atom stereocenters. The molecule has 26 heavy (non-hydrogen) atoms. The first kappa shape index (κ1) is 15.6. The standard InChI is InChI=1S/C20H19N5S/c1-2-4-13-25(12-3-1)19-17-16(15-6-5-9-22-20(15)26-17)23-18(24-19)14-7-10-21-11-8-14/h5-11H,1-4,12-13H2. The molecule has 0 amide bonds. The number of nitrogens with zero attached hydrogens (tertiary/aromatic N) is 5. The highest BCUT2D eigenvalue weighted by molar-refractivity contribution is 7.25. The first-order valence-electron chi connectivity index (χ1n) is 9.11. The minimum Gasteiger partial charge on any atom is -0.355 e.